The van der Waals surface area contributed by atoms with Crippen molar-refractivity contribution in [2.24, 2.45) is 16.1 Å². The first-order valence-electron chi connectivity index (χ1n) is 12.4. The number of allylic oxidation sites excluding steroid dienone is 3. The molecule has 36 heavy (non-hydrogen) atoms. The standard InChI is InChI=1S/C22H26N2O.C4H9N.C3H7N.CH4O/c1-2-14-24-16-22(12-13-22)15-20(17-6-4-3-5-7-17)21(23)18-8-10-19(25)11-9-18;1-3-4(2)5;1-3-4-2;1-2/h3-11,15,23-25H,2,12-14,16H2,1H3;3H,5H2,1-2H3;2-3H2,1H3;2H,1H3/b20-15+,23-21?;4-3+;;. The van der Waals surface area contributed by atoms with Crippen molar-refractivity contribution in [1.29, 1.82) is 5.41 Å². The highest BCUT2D eigenvalue weighted by molar-refractivity contribution is 6.30. The van der Waals surface area contributed by atoms with Gasteiger partial charge in [-0.15, -0.1) is 0 Å². The minimum Gasteiger partial charge on any atom is -0.508 e. The number of phenolic OH excluding ortho intramolecular Hbond substituents is 1. The van der Waals surface area contributed by atoms with E-state index >= 15 is 0 Å². The van der Waals surface area contributed by atoms with E-state index in [1.54, 1.807) is 12.1 Å². The fraction of sp³-hybridized carbons (Fsp3) is 0.400. The third kappa shape index (κ3) is 13.0. The lowest BCUT2D eigenvalue weighted by Gasteiger charge is -2.16. The molecule has 198 valence electrons. The Morgan fingerprint density at radius 3 is 2.03 bits per heavy atom. The van der Waals surface area contributed by atoms with Crippen LogP contribution >= 0.6 is 0 Å². The molecule has 2 aromatic rings. The topological polar surface area (TPSA) is 115 Å². The monoisotopic (exact) mass is 494 g/mol. The van der Waals surface area contributed by atoms with Crippen LogP contribution in [0.25, 0.3) is 5.57 Å². The van der Waals surface area contributed by atoms with Gasteiger partial charge in [0.25, 0.3) is 0 Å². The van der Waals surface area contributed by atoms with Crippen molar-refractivity contribution in [3.05, 3.63) is 83.6 Å². The number of nitrogens with zero attached hydrogens (tertiary/aromatic N) is 1. The average Bonchev–Trinajstić information content (AvgIpc) is 3.69. The zero-order valence-corrected chi connectivity index (χ0v) is 22.7. The first-order chi connectivity index (χ1) is 17.3. The van der Waals surface area contributed by atoms with E-state index in [-0.39, 0.29) is 11.2 Å². The summed E-state index contributed by atoms with van der Waals surface area (Å²) in [6, 6.07) is 17.1. The van der Waals surface area contributed by atoms with Gasteiger partial charge in [0.05, 0.1) is 5.71 Å². The van der Waals surface area contributed by atoms with Crippen molar-refractivity contribution in [2.45, 2.75) is 47.0 Å². The van der Waals surface area contributed by atoms with Crippen molar-refractivity contribution >= 4 is 18.0 Å². The molecule has 0 unspecified atom stereocenters. The van der Waals surface area contributed by atoms with Crippen LogP contribution in [0.3, 0.4) is 0 Å². The van der Waals surface area contributed by atoms with Gasteiger partial charge in [-0.3, -0.25) is 5.41 Å². The number of nitrogens with one attached hydrogen (secondary N) is 2. The average molecular weight is 495 g/mol. The summed E-state index contributed by atoms with van der Waals surface area (Å²) in [6.45, 7) is 14.0. The van der Waals surface area contributed by atoms with Gasteiger partial charge in [-0.05, 0) is 83.1 Å². The number of aromatic hydroxyl groups is 1. The molecule has 6 N–H and O–H groups in total. The Kier molecular flexibility index (Phi) is 17.3. The summed E-state index contributed by atoms with van der Waals surface area (Å²) >= 11 is 0. The second-order valence-corrected chi connectivity index (χ2v) is 8.46. The summed E-state index contributed by atoms with van der Waals surface area (Å²) in [6.07, 6.45) is 7.63. The predicted molar refractivity (Wildman–Crippen MR) is 156 cm³/mol. The smallest absolute Gasteiger partial charge is 0.115 e. The van der Waals surface area contributed by atoms with E-state index in [0.717, 1.165) is 55.6 Å². The van der Waals surface area contributed by atoms with Gasteiger partial charge in [0.15, 0.2) is 0 Å². The summed E-state index contributed by atoms with van der Waals surface area (Å²) < 4.78 is 0. The molecule has 0 aliphatic heterocycles. The summed E-state index contributed by atoms with van der Waals surface area (Å²) in [5.74, 6) is 0.226. The zero-order chi connectivity index (χ0) is 27.4. The third-order valence-electron chi connectivity index (χ3n) is 5.44. The molecule has 0 bridgehead atoms. The summed E-state index contributed by atoms with van der Waals surface area (Å²) in [7, 11) is 1.00. The number of aliphatic hydroxyl groups is 1. The van der Waals surface area contributed by atoms with Crippen molar-refractivity contribution in [2.75, 3.05) is 26.7 Å². The highest BCUT2D eigenvalue weighted by Gasteiger charge is 2.40. The van der Waals surface area contributed by atoms with Crippen LogP contribution in [-0.4, -0.2) is 49.4 Å². The lowest BCUT2D eigenvalue weighted by atomic mass is 9.91. The molecule has 1 fully saturated rings. The Morgan fingerprint density at radius 1 is 1.08 bits per heavy atom. The molecular weight excluding hydrogens is 448 g/mol. The molecule has 2 aromatic carbocycles. The molecule has 0 saturated heterocycles. The maximum absolute atomic E-state index is 9.52. The van der Waals surface area contributed by atoms with Crippen LogP contribution < -0.4 is 11.1 Å². The molecule has 1 aliphatic carbocycles. The first kappa shape index (κ1) is 32.8. The van der Waals surface area contributed by atoms with E-state index in [1.807, 2.05) is 57.2 Å². The second-order valence-electron chi connectivity index (χ2n) is 8.46. The van der Waals surface area contributed by atoms with E-state index in [9.17, 15) is 5.11 Å². The van der Waals surface area contributed by atoms with Crippen LogP contribution in [0.1, 0.15) is 58.1 Å². The SMILES string of the molecule is C/C=C(\C)N.C=NCC.CCCNCC1(/C=C(/C(=N)c2ccc(O)cc2)c2ccccc2)CC1.CO. The second kappa shape index (κ2) is 19.0. The predicted octanol–water partition coefficient (Wildman–Crippen LogP) is 5.81. The Labute approximate surface area is 218 Å². The fourth-order valence-electron chi connectivity index (χ4n) is 3.05. The van der Waals surface area contributed by atoms with Crippen LogP contribution in [-0.2, 0) is 0 Å². The lowest BCUT2D eigenvalue weighted by molar-refractivity contribution is 0.399. The van der Waals surface area contributed by atoms with E-state index in [0.29, 0.717) is 5.71 Å². The van der Waals surface area contributed by atoms with Crippen LogP contribution in [0.15, 0.2) is 77.4 Å². The maximum atomic E-state index is 9.52. The van der Waals surface area contributed by atoms with Gasteiger partial charge in [0.1, 0.15) is 5.75 Å². The molecule has 0 spiro atoms. The van der Waals surface area contributed by atoms with Gasteiger partial charge >= 0.3 is 0 Å². The van der Waals surface area contributed by atoms with Crippen LogP contribution in [0.5, 0.6) is 5.75 Å². The van der Waals surface area contributed by atoms with Crippen molar-refractivity contribution in [3.63, 3.8) is 0 Å². The maximum Gasteiger partial charge on any atom is 0.115 e. The van der Waals surface area contributed by atoms with Crippen molar-refractivity contribution in [3.8, 4) is 5.75 Å². The lowest BCUT2D eigenvalue weighted by Crippen LogP contribution is -2.24. The molecule has 1 aliphatic rings. The summed E-state index contributed by atoms with van der Waals surface area (Å²) in [5.41, 5.74) is 9.58. The molecule has 3 rings (SSSR count). The molecule has 0 amide bonds. The van der Waals surface area contributed by atoms with E-state index < -0.39 is 0 Å². The fourth-order valence-corrected chi connectivity index (χ4v) is 3.05. The molecule has 0 atom stereocenters. The Bertz CT molecular complexity index is 927. The largest absolute Gasteiger partial charge is 0.508 e. The highest BCUT2D eigenvalue weighted by atomic mass is 16.3. The number of aliphatic imine (C=N–C) groups is 1. The molecule has 0 aromatic heterocycles. The Hall–Kier alpha value is -3.22. The minimum atomic E-state index is 0.170. The van der Waals surface area contributed by atoms with E-state index in [4.69, 9.17) is 16.2 Å². The first-order valence-corrected chi connectivity index (χ1v) is 12.4. The third-order valence-corrected chi connectivity index (χ3v) is 5.44. The number of hydrogen-bond donors (Lipinski definition) is 5. The van der Waals surface area contributed by atoms with Crippen LogP contribution in [0.2, 0.25) is 0 Å². The number of aliphatic hydroxyl groups excluding tert-OH is 1. The number of hydrogen-bond acceptors (Lipinski definition) is 6. The molecule has 1 saturated carbocycles. The molecule has 0 radical (unpaired) electrons. The molecule has 6 nitrogen and oxygen atoms in total. The van der Waals surface area contributed by atoms with Gasteiger partial charge in [-0.25, -0.2) is 0 Å². The number of rotatable bonds is 9. The van der Waals surface area contributed by atoms with Crippen LogP contribution in [0, 0.1) is 10.8 Å². The normalized spacial score (nSPS) is 13.5. The van der Waals surface area contributed by atoms with Gasteiger partial charge < -0.3 is 26.3 Å². The minimum absolute atomic E-state index is 0.170. The van der Waals surface area contributed by atoms with Gasteiger partial charge in [-0.2, -0.15) is 0 Å². The van der Waals surface area contributed by atoms with Crippen molar-refractivity contribution in [1.82, 2.24) is 5.32 Å². The van der Waals surface area contributed by atoms with Crippen LogP contribution in [0.4, 0.5) is 0 Å². The highest BCUT2D eigenvalue weighted by Crippen LogP contribution is 2.48. The molecule has 0 heterocycles. The van der Waals surface area contributed by atoms with Gasteiger partial charge in [-0.1, -0.05) is 49.4 Å². The Balaban J connectivity index is 0.000000947. The molecular formula is C30H46N4O2. The van der Waals surface area contributed by atoms with E-state index in [1.165, 1.54) is 12.8 Å². The quantitative estimate of drug-likeness (QED) is 0.224. The van der Waals surface area contributed by atoms with Gasteiger partial charge in [0, 0.05) is 42.4 Å². The Morgan fingerprint density at radius 2 is 1.61 bits per heavy atom. The number of benzene rings is 2. The molecule has 6 heteroatoms. The number of nitrogens with two attached hydrogens (primary N) is 1. The zero-order valence-electron chi connectivity index (χ0n) is 22.7. The summed E-state index contributed by atoms with van der Waals surface area (Å²) in [4.78, 5) is 3.49. The summed E-state index contributed by atoms with van der Waals surface area (Å²) in [5, 5.41) is 28.8. The number of phenols is 1. The van der Waals surface area contributed by atoms with Crippen molar-refractivity contribution < 1.29 is 10.2 Å². The van der Waals surface area contributed by atoms with Gasteiger partial charge in [0.2, 0.25) is 0 Å². The van der Waals surface area contributed by atoms with E-state index in [2.05, 4.69) is 42.2 Å².